The van der Waals surface area contributed by atoms with Crippen molar-refractivity contribution in [2.45, 2.75) is 4.90 Å². The number of sulfone groups is 1. The van der Waals surface area contributed by atoms with Crippen molar-refractivity contribution in [3.63, 3.8) is 0 Å². The Morgan fingerprint density at radius 3 is 2.40 bits per heavy atom. The van der Waals surface area contributed by atoms with E-state index in [4.69, 9.17) is 5.11 Å². The molecule has 0 bridgehead atoms. The molecule has 82 valence electrons. The van der Waals surface area contributed by atoms with Crippen LogP contribution in [0.4, 0.5) is 10.1 Å². The molecule has 1 aromatic carbocycles. The van der Waals surface area contributed by atoms with Gasteiger partial charge >= 0.3 is 5.69 Å². The molecule has 0 aliphatic heterocycles. The zero-order valence-corrected chi connectivity index (χ0v) is 8.28. The Balaban J connectivity index is 3.57. The minimum absolute atomic E-state index is 0.506. The van der Waals surface area contributed by atoms with Crippen LogP contribution in [0.15, 0.2) is 17.0 Å². The maximum atomic E-state index is 12.9. The van der Waals surface area contributed by atoms with Crippen molar-refractivity contribution >= 4 is 15.5 Å². The largest absolute Gasteiger partial charge is 0.505 e. The molecule has 0 saturated heterocycles. The number of hydrogen-bond donors (Lipinski definition) is 1. The Morgan fingerprint density at radius 1 is 1.47 bits per heavy atom. The van der Waals surface area contributed by atoms with Gasteiger partial charge in [-0.1, -0.05) is 0 Å². The number of benzene rings is 1. The van der Waals surface area contributed by atoms with E-state index in [2.05, 4.69) is 0 Å². The molecule has 0 aromatic heterocycles. The first kappa shape index (κ1) is 11.4. The zero-order valence-electron chi connectivity index (χ0n) is 7.47. The average Bonchev–Trinajstić information content (AvgIpc) is 2.06. The lowest BCUT2D eigenvalue weighted by Crippen LogP contribution is -2.00. The van der Waals surface area contributed by atoms with Crippen LogP contribution in [-0.4, -0.2) is 24.7 Å². The van der Waals surface area contributed by atoms with Crippen molar-refractivity contribution in [3.05, 3.63) is 28.1 Å². The summed E-state index contributed by atoms with van der Waals surface area (Å²) in [6.07, 6.45) is 0.795. The summed E-state index contributed by atoms with van der Waals surface area (Å²) in [5.41, 5.74) is -1.07. The fraction of sp³-hybridized carbons (Fsp3) is 0.143. The average molecular weight is 235 g/mol. The van der Waals surface area contributed by atoms with Crippen LogP contribution in [0.25, 0.3) is 0 Å². The van der Waals surface area contributed by atoms with Gasteiger partial charge in [0.05, 0.1) is 9.82 Å². The maximum absolute atomic E-state index is 12.9. The van der Waals surface area contributed by atoms with Crippen LogP contribution in [0.3, 0.4) is 0 Å². The lowest BCUT2D eigenvalue weighted by Gasteiger charge is -2.01. The molecular formula is C7H6FNO5S. The topological polar surface area (TPSA) is 97.5 Å². The van der Waals surface area contributed by atoms with Gasteiger partial charge in [0.25, 0.3) is 0 Å². The third-order valence-electron chi connectivity index (χ3n) is 1.63. The normalized spacial score (nSPS) is 11.3. The molecule has 1 rings (SSSR count). The van der Waals surface area contributed by atoms with Gasteiger partial charge in [0, 0.05) is 18.4 Å². The van der Waals surface area contributed by atoms with Gasteiger partial charge in [-0.25, -0.2) is 8.42 Å². The van der Waals surface area contributed by atoms with Gasteiger partial charge in [-0.15, -0.1) is 0 Å². The molecule has 0 fully saturated rings. The number of phenols is 1. The highest BCUT2D eigenvalue weighted by atomic mass is 32.2. The van der Waals surface area contributed by atoms with Gasteiger partial charge in [0.1, 0.15) is 0 Å². The van der Waals surface area contributed by atoms with Crippen LogP contribution >= 0.6 is 0 Å². The number of phenolic OH excluding ortho intramolecular Hbond substituents is 1. The molecular weight excluding hydrogens is 229 g/mol. The second kappa shape index (κ2) is 3.46. The first-order valence-electron chi connectivity index (χ1n) is 3.60. The first-order valence-corrected chi connectivity index (χ1v) is 5.49. The fourth-order valence-corrected chi connectivity index (χ4v) is 1.57. The minimum atomic E-state index is -3.73. The van der Waals surface area contributed by atoms with E-state index >= 15 is 0 Å². The summed E-state index contributed by atoms with van der Waals surface area (Å²) >= 11 is 0. The molecule has 0 heterocycles. The Hall–Kier alpha value is -1.70. The number of nitro groups is 1. The van der Waals surface area contributed by atoms with Crippen molar-refractivity contribution in [1.82, 2.24) is 0 Å². The van der Waals surface area contributed by atoms with Crippen LogP contribution in [0.1, 0.15) is 0 Å². The third kappa shape index (κ3) is 2.21. The SMILES string of the molecule is CS(=O)(=O)c1cc(O)c(F)c([N+](=O)[O-])c1. The Morgan fingerprint density at radius 2 is 2.00 bits per heavy atom. The standard InChI is InChI=1S/C7H6FNO5S/c1-15(13,14)4-2-5(9(11)12)7(8)6(10)3-4/h2-3,10H,1H3. The summed E-state index contributed by atoms with van der Waals surface area (Å²) in [5.74, 6) is -2.52. The second-order valence-electron chi connectivity index (χ2n) is 2.80. The number of halogens is 1. The van der Waals surface area contributed by atoms with Gasteiger partial charge < -0.3 is 5.11 Å². The quantitative estimate of drug-likeness (QED) is 0.465. The molecule has 0 saturated carbocycles. The zero-order chi connectivity index (χ0) is 11.8. The van der Waals surface area contributed by atoms with Crippen LogP contribution in [0.5, 0.6) is 5.75 Å². The molecule has 0 aliphatic carbocycles. The summed E-state index contributed by atoms with van der Waals surface area (Å²) < 4.78 is 35.0. The fourth-order valence-electron chi connectivity index (χ4n) is 0.916. The smallest absolute Gasteiger partial charge is 0.309 e. The third-order valence-corrected chi connectivity index (χ3v) is 2.72. The summed E-state index contributed by atoms with van der Waals surface area (Å²) in [6.45, 7) is 0. The number of aromatic hydroxyl groups is 1. The van der Waals surface area contributed by atoms with Crippen LogP contribution in [0.2, 0.25) is 0 Å². The molecule has 0 atom stereocenters. The van der Waals surface area contributed by atoms with Crippen LogP contribution in [-0.2, 0) is 9.84 Å². The van der Waals surface area contributed by atoms with Gasteiger partial charge in [-0.3, -0.25) is 10.1 Å². The van der Waals surface area contributed by atoms with Crippen LogP contribution < -0.4 is 0 Å². The predicted octanol–water partition coefficient (Wildman–Crippen LogP) is 0.843. The highest BCUT2D eigenvalue weighted by Crippen LogP contribution is 2.29. The minimum Gasteiger partial charge on any atom is -0.505 e. The van der Waals surface area contributed by atoms with Gasteiger partial charge in [-0.2, -0.15) is 4.39 Å². The van der Waals surface area contributed by atoms with E-state index in [1.54, 1.807) is 0 Å². The van der Waals surface area contributed by atoms with Gasteiger partial charge in [-0.05, 0) is 0 Å². The van der Waals surface area contributed by atoms with Crippen molar-refractivity contribution in [1.29, 1.82) is 0 Å². The molecule has 8 heteroatoms. The molecule has 6 nitrogen and oxygen atoms in total. The van der Waals surface area contributed by atoms with E-state index in [9.17, 15) is 22.9 Å². The Bertz CT molecular complexity index is 524. The highest BCUT2D eigenvalue weighted by molar-refractivity contribution is 7.90. The molecule has 0 amide bonds. The van der Waals surface area contributed by atoms with Crippen molar-refractivity contribution in [2.24, 2.45) is 0 Å². The molecule has 0 radical (unpaired) electrons. The highest BCUT2D eigenvalue weighted by Gasteiger charge is 2.22. The number of nitrogens with zero attached hydrogens (tertiary/aromatic N) is 1. The molecule has 0 unspecified atom stereocenters. The van der Waals surface area contributed by atoms with E-state index in [1.165, 1.54) is 0 Å². The molecule has 1 N–H and O–H groups in total. The van der Waals surface area contributed by atoms with Crippen molar-refractivity contribution < 1.29 is 22.8 Å². The molecule has 0 aliphatic rings. The number of hydrogen-bond acceptors (Lipinski definition) is 5. The number of nitro benzene ring substituents is 1. The summed E-state index contributed by atoms with van der Waals surface area (Å²) in [4.78, 5) is 8.70. The summed E-state index contributed by atoms with van der Waals surface area (Å²) in [5, 5.41) is 19.3. The second-order valence-corrected chi connectivity index (χ2v) is 4.82. The van der Waals surface area contributed by atoms with Crippen molar-refractivity contribution in [2.75, 3.05) is 6.26 Å². The molecule has 1 aromatic rings. The van der Waals surface area contributed by atoms with E-state index in [0.29, 0.717) is 12.1 Å². The van der Waals surface area contributed by atoms with Gasteiger partial charge in [0.15, 0.2) is 15.6 Å². The van der Waals surface area contributed by atoms with E-state index in [1.807, 2.05) is 0 Å². The number of rotatable bonds is 2. The monoisotopic (exact) mass is 235 g/mol. The van der Waals surface area contributed by atoms with Crippen LogP contribution in [0, 0.1) is 15.9 Å². The summed E-state index contributed by atoms with van der Waals surface area (Å²) in [6, 6.07) is 1.18. The lowest BCUT2D eigenvalue weighted by atomic mass is 10.3. The summed E-state index contributed by atoms with van der Waals surface area (Å²) in [7, 11) is -3.73. The Kier molecular flexibility index (Phi) is 2.63. The van der Waals surface area contributed by atoms with Gasteiger partial charge in [0.2, 0.25) is 5.82 Å². The Labute approximate surface area is 84.0 Å². The lowest BCUT2D eigenvalue weighted by molar-refractivity contribution is -0.387. The molecule has 0 spiro atoms. The maximum Gasteiger partial charge on any atom is 0.309 e. The first-order chi connectivity index (χ1) is 6.73. The predicted molar refractivity (Wildman–Crippen MR) is 47.8 cm³/mol. The van der Waals surface area contributed by atoms with Crippen molar-refractivity contribution in [3.8, 4) is 5.75 Å². The van der Waals surface area contributed by atoms with E-state index in [-0.39, 0.29) is 0 Å². The van der Waals surface area contributed by atoms with E-state index < -0.39 is 36.9 Å². The van der Waals surface area contributed by atoms with E-state index in [0.717, 1.165) is 6.26 Å². The molecule has 15 heavy (non-hydrogen) atoms.